The fourth-order valence-electron chi connectivity index (χ4n) is 3.09. The summed E-state index contributed by atoms with van der Waals surface area (Å²) in [4.78, 5) is 18.0. The highest BCUT2D eigenvalue weighted by Crippen LogP contribution is 2.28. The fraction of sp³-hybridized carbons (Fsp3) is 0.684. The van der Waals surface area contributed by atoms with E-state index < -0.39 is 5.60 Å². The summed E-state index contributed by atoms with van der Waals surface area (Å²) < 4.78 is 5.45. The molecule has 2 heterocycles. The van der Waals surface area contributed by atoms with E-state index in [1.807, 2.05) is 38.1 Å². The van der Waals surface area contributed by atoms with Crippen molar-refractivity contribution in [3.8, 4) is 0 Å². The molecule has 134 valence electrons. The average Bonchev–Trinajstić information content (AvgIpc) is 2.54. The molecule has 1 aromatic heterocycles. The van der Waals surface area contributed by atoms with Gasteiger partial charge >= 0.3 is 6.09 Å². The monoisotopic (exact) mass is 350 g/mol. The second kappa shape index (κ2) is 8.75. The van der Waals surface area contributed by atoms with Crippen molar-refractivity contribution in [3.63, 3.8) is 0 Å². The van der Waals surface area contributed by atoms with Crippen LogP contribution >= 0.6 is 12.6 Å². The highest BCUT2D eigenvalue weighted by Gasteiger charge is 2.29. The van der Waals surface area contributed by atoms with E-state index in [0.717, 1.165) is 45.2 Å². The number of pyridine rings is 1. The van der Waals surface area contributed by atoms with Crippen LogP contribution < -0.4 is 0 Å². The van der Waals surface area contributed by atoms with Crippen molar-refractivity contribution in [3.05, 3.63) is 30.1 Å². The predicted molar refractivity (Wildman–Crippen MR) is 100 cm³/mol. The number of rotatable bonds is 5. The van der Waals surface area contributed by atoms with Gasteiger partial charge in [0.15, 0.2) is 0 Å². The first-order chi connectivity index (χ1) is 11.3. The SMILES string of the molecule is CC(C)(C)OC(=O)N1CCC(C(S)CCCc2ccncc2)CC1. The van der Waals surface area contributed by atoms with E-state index in [0.29, 0.717) is 11.2 Å². The quantitative estimate of drug-likeness (QED) is 0.803. The zero-order valence-electron chi connectivity index (χ0n) is 15.1. The highest BCUT2D eigenvalue weighted by atomic mass is 32.1. The third kappa shape index (κ3) is 6.34. The molecule has 24 heavy (non-hydrogen) atoms. The minimum Gasteiger partial charge on any atom is -0.444 e. The smallest absolute Gasteiger partial charge is 0.410 e. The summed E-state index contributed by atoms with van der Waals surface area (Å²) in [7, 11) is 0. The van der Waals surface area contributed by atoms with E-state index in [2.05, 4.69) is 17.1 Å². The molecule has 1 aromatic rings. The van der Waals surface area contributed by atoms with Gasteiger partial charge in [0.05, 0.1) is 0 Å². The third-order valence-electron chi connectivity index (χ3n) is 4.45. The van der Waals surface area contributed by atoms with Gasteiger partial charge < -0.3 is 9.64 Å². The molecule has 2 rings (SSSR count). The number of aromatic nitrogens is 1. The second-order valence-electron chi connectivity index (χ2n) is 7.62. The van der Waals surface area contributed by atoms with Gasteiger partial charge in [0, 0.05) is 30.7 Å². The minimum absolute atomic E-state index is 0.186. The summed E-state index contributed by atoms with van der Waals surface area (Å²) in [5, 5.41) is 0.410. The number of hydrogen-bond donors (Lipinski definition) is 1. The number of carbonyl (C=O) groups is 1. The number of thiol groups is 1. The Hall–Kier alpha value is -1.23. The molecule has 1 fully saturated rings. The molecule has 1 saturated heterocycles. The molecule has 1 amide bonds. The lowest BCUT2D eigenvalue weighted by Crippen LogP contribution is -2.43. The Kier molecular flexibility index (Phi) is 6.96. The number of hydrogen-bond acceptors (Lipinski definition) is 4. The van der Waals surface area contributed by atoms with Crippen LogP contribution in [-0.4, -0.2) is 39.9 Å². The van der Waals surface area contributed by atoms with E-state index in [4.69, 9.17) is 17.4 Å². The molecular formula is C19H30N2O2S. The number of ether oxygens (including phenoxy) is 1. The van der Waals surface area contributed by atoms with Crippen LogP contribution in [0.2, 0.25) is 0 Å². The van der Waals surface area contributed by atoms with Crippen LogP contribution in [0.3, 0.4) is 0 Å². The lowest BCUT2D eigenvalue weighted by atomic mass is 9.90. The molecule has 0 aliphatic carbocycles. The van der Waals surface area contributed by atoms with Gasteiger partial charge in [0.2, 0.25) is 0 Å². The Labute approximate surface area is 151 Å². The molecule has 0 bridgehead atoms. The minimum atomic E-state index is -0.424. The zero-order valence-corrected chi connectivity index (χ0v) is 16.0. The molecule has 1 unspecified atom stereocenters. The number of likely N-dealkylation sites (tertiary alicyclic amines) is 1. The van der Waals surface area contributed by atoms with Crippen molar-refractivity contribution in [2.24, 2.45) is 5.92 Å². The van der Waals surface area contributed by atoms with E-state index >= 15 is 0 Å². The number of piperidine rings is 1. The maximum Gasteiger partial charge on any atom is 0.410 e. The summed E-state index contributed by atoms with van der Waals surface area (Å²) in [5.74, 6) is 0.587. The van der Waals surface area contributed by atoms with Gasteiger partial charge in [-0.3, -0.25) is 4.98 Å². The number of aryl methyl sites for hydroxylation is 1. The van der Waals surface area contributed by atoms with Gasteiger partial charge in [-0.1, -0.05) is 0 Å². The molecule has 1 aliphatic rings. The van der Waals surface area contributed by atoms with Crippen molar-refractivity contribution >= 4 is 18.7 Å². The van der Waals surface area contributed by atoms with Crippen molar-refractivity contribution in [1.82, 2.24) is 9.88 Å². The Morgan fingerprint density at radius 1 is 1.33 bits per heavy atom. The molecule has 5 heteroatoms. The fourth-order valence-corrected chi connectivity index (χ4v) is 3.57. The van der Waals surface area contributed by atoms with Crippen LogP contribution in [0, 0.1) is 5.92 Å². The Morgan fingerprint density at radius 3 is 2.54 bits per heavy atom. The van der Waals surface area contributed by atoms with Crippen LogP contribution in [0.15, 0.2) is 24.5 Å². The zero-order chi connectivity index (χ0) is 17.6. The van der Waals surface area contributed by atoms with Crippen LogP contribution in [0.5, 0.6) is 0 Å². The van der Waals surface area contributed by atoms with Crippen molar-refractivity contribution in [2.45, 2.75) is 63.7 Å². The Bertz CT molecular complexity index is 508. The molecular weight excluding hydrogens is 320 g/mol. The second-order valence-corrected chi connectivity index (χ2v) is 8.28. The largest absolute Gasteiger partial charge is 0.444 e. The van der Waals surface area contributed by atoms with Crippen LogP contribution in [0.1, 0.15) is 52.0 Å². The predicted octanol–water partition coefficient (Wildman–Crippen LogP) is 4.35. The number of carbonyl (C=O) groups excluding carboxylic acids is 1. The van der Waals surface area contributed by atoms with Gasteiger partial charge in [-0.15, -0.1) is 0 Å². The maximum absolute atomic E-state index is 12.1. The van der Waals surface area contributed by atoms with E-state index in [1.165, 1.54) is 5.56 Å². The molecule has 0 radical (unpaired) electrons. The first-order valence-corrected chi connectivity index (χ1v) is 9.42. The summed E-state index contributed by atoms with van der Waals surface area (Å²) in [6.45, 7) is 7.28. The molecule has 4 nitrogen and oxygen atoms in total. The van der Waals surface area contributed by atoms with E-state index in [-0.39, 0.29) is 6.09 Å². The first kappa shape index (κ1) is 19.1. The van der Waals surface area contributed by atoms with Gasteiger partial charge in [-0.05, 0) is 76.5 Å². The lowest BCUT2D eigenvalue weighted by Gasteiger charge is -2.35. The van der Waals surface area contributed by atoms with Crippen molar-refractivity contribution in [1.29, 1.82) is 0 Å². The molecule has 1 aliphatic heterocycles. The standard InChI is InChI=1S/C19H30N2O2S/c1-19(2,3)23-18(22)21-13-9-16(10-14-21)17(24)6-4-5-15-7-11-20-12-8-15/h7-8,11-12,16-17,24H,4-6,9-10,13-14H2,1-3H3. The molecule has 0 saturated carbocycles. The molecule has 0 N–H and O–H groups in total. The maximum atomic E-state index is 12.1. The van der Waals surface area contributed by atoms with Crippen LogP contribution in [0.4, 0.5) is 4.79 Å². The lowest BCUT2D eigenvalue weighted by molar-refractivity contribution is 0.0182. The van der Waals surface area contributed by atoms with Crippen molar-refractivity contribution < 1.29 is 9.53 Å². The molecule has 1 atom stereocenters. The Morgan fingerprint density at radius 2 is 1.96 bits per heavy atom. The number of nitrogens with zero attached hydrogens (tertiary/aromatic N) is 2. The number of amides is 1. The van der Waals surface area contributed by atoms with Crippen LogP contribution in [0.25, 0.3) is 0 Å². The van der Waals surface area contributed by atoms with Crippen LogP contribution in [-0.2, 0) is 11.2 Å². The van der Waals surface area contributed by atoms with Crippen molar-refractivity contribution in [2.75, 3.05) is 13.1 Å². The van der Waals surface area contributed by atoms with E-state index in [9.17, 15) is 4.79 Å². The van der Waals surface area contributed by atoms with Gasteiger partial charge in [-0.25, -0.2) is 4.79 Å². The summed E-state index contributed by atoms with van der Waals surface area (Å²) in [6, 6.07) is 4.15. The summed E-state index contributed by atoms with van der Waals surface area (Å²) in [6.07, 6.45) is 8.88. The average molecular weight is 351 g/mol. The summed E-state index contributed by atoms with van der Waals surface area (Å²) >= 11 is 4.82. The first-order valence-electron chi connectivity index (χ1n) is 8.90. The molecule has 0 spiro atoms. The normalized spacial score (nSPS) is 17.6. The van der Waals surface area contributed by atoms with E-state index in [1.54, 1.807) is 0 Å². The van der Waals surface area contributed by atoms with Gasteiger partial charge in [-0.2, -0.15) is 12.6 Å². The summed E-state index contributed by atoms with van der Waals surface area (Å²) in [5.41, 5.74) is 0.915. The topological polar surface area (TPSA) is 42.4 Å². The highest BCUT2D eigenvalue weighted by molar-refractivity contribution is 7.81. The molecule has 0 aromatic carbocycles. The van der Waals surface area contributed by atoms with Gasteiger partial charge in [0.25, 0.3) is 0 Å². The van der Waals surface area contributed by atoms with Gasteiger partial charge in [0.1, 0.15) is 5.60 Å². The third-order valence-corrected chi connectivity index (χ3v) is 5.13. The Balaban J connectivity index is 1.68.